The molecule has 0 radical (unpaired) electrons. The van der Waals surface area contributed by atoms with Crippen LogP contribution in [0.1, 0.15) is 131 Å². The maximum atomic E-state index is 2.41. The van der Waals surface area contributed by atoms with Gasteiger partial charge in [0.25, 0.3) is 0 Å². The fourth-order valence-corrected chi connectivity index (χ4v) is 4.15. The van der Waals surface area contributed by atoms with Crippen molar-refractivity contribution in [3.63, 3.8) is 0 Å². The predicted molar refractivity (Wildman–Crippen MR) is 113 cm³/mol. The van der Waals surface area contributed by atoms with Gasteiger partial charge in [-0.25, -0.2) is 0 Å². The first kappa shape index (κ1) is 24.0. The molecule has 0 heteroatoms. The van der Waals surface area contributed by atoms with Crippen molar-refractivity contribution in [3.05, 3.63) is 0 Å². The maximum Gasteiger partial charge on any atom is -0.0417 e. The van der Waals surface area contributed by atoms with Gasteiger partial charge in [0.1, 0.15) is 0 Å². The summed E-state index contributed by atoms with van der Waals surface area (Å²) in [7, 11) is 0. The van der Waals surface area contributed by atoms with Gasteiger partial charge in [-0.3, -0.25) is 0 Å². The van der Waals surface area contributed by atoms with Gasteiger partial charge in [-0.05, 0) is 23.7 Å². The van der Waals surface area contributed by atoms with Crippen LogP contribution in [0.3, 0.4) is 0 Å². The highest BCUT2D eigenvalue weighted by molar-refractivity contribution is 4.64. The topological polar surface area (TPSA) is 0 Å². The van der Waals surface area contributed by atoms with Crippen LogP contribution in [-0.4, -0.2) is 0 Å². The summed E-state index contributed by atoms with van der Waals surface area (Å²) in [4.78, 5) is 0. The highest BCUT2D eigenvalue weighted by atomic mass is 14.2. The van der Waals surface area contributed by atoms with Gasteiger partial charge in [-0.2, -0.15) is 0 Å². The molecule has 0 saturated carbocycles. The standard InChI is InChI=1S/C24H50/c1-7-21(6)15-12-17-23(10-4)19-14-20-24(11-5)18-13-16-22(8-2)9-3/h21-24H,7-20H2,1-6H3. The third-order valence-corrected chi connectivity index (χ3v) is 6.77. The molecule has 0 amide bonds. The van der Waals surface area contributed by atoms with E-state index in [4.69, 9.17) is 0 Å². The monoisotopic (exact) mass is 338 g/mol. The fraction of sp³-hybridized carbons (Fsp3) is 1.00. The van der Waals surface area contributed by atoms with Crippen molar-refractivity contribution in [1.82, 2.24) is 0 Å². The molecular formula is C24H50. The average molecular weight is 339 g/mol. The Morgan fingerprint density at radius 3 is 1.08 bits per heavy atom. The molecule has 0 bridgehead atoms. The van der Waals surface area contributed by atoms with E-state index in [1.807, 2.05) is 0 Å². The first-order valence-electron chi connectivity index (χ1n) is 11.6. The van der Waals surface area contributed by atoms with Crippen molar-refractivity contribution in [2.75, 3.05) is 0 Å². The lowest BCUT2D eigenvalue weighted by molar-refractivity contribution is 0.334. The summed E-state index contributed by atoms with van der Waals surface area (Å²) in [5.74, 6) is 3.91. The molecule has 0 nitrogen and oxygen atoms in total. The van der Waals surface area contributed by atoms with Gasteiger partial charge >= 0.3 is 0 Å². The molecule has 0 rings (SSSR count). The molecule has 0 saturated heterocycles. The summed E-state index contributed by atoms with van der Waals surface area (Å²) < 4.78 is 0. The largest absolute Gasteiger partial charge is 0.0651 e. The number of rotatable bonds is 17. The van der Waals surface area contributed by atoms with Crippen LogP contribution in [0.5, 0.6) is 0 Å². The third-order valence-electron chi connectivity index (χ3n) is 6.77. The second-order valence-electron chi connectivity index (χ2n) is 8.54. The first-order chi connectivity index (χ1) is 11.6. The molecule has 0 heterocycles. The van der Waals surface area contributed by atoms with Crippen LogP contribution < -0.4 is 0 Å². The molecule has 0 N–H and O–H groups in total. The summed E-state index contributed by atoms with van der Waals surface area (Å²) in [5, 5.41) is 0. The molecule has 3 atom stereocenters. The highest BCUT2D eigenvalue weighted by Gasteiger charge is 2.11. The Kier molecular flexibility index (Phi) is 16.5. The fourth-order valence-electron chi connectivity index (χ4n) is 4.15. The second-order valence-corrected chi connectivity index (χ2v) is 8.54. The predicted octanol–water partition coefficient (Wildman–Crippen LogP) is 9.03. The normalized spacial score (nSPS) is 15.6. The lowest BCUT2D eigenvalue weighted by Gasteiger charge is -2.20. The van der Waals surface area contributed by atoms with E-state index in [-0.39, 0.29) is 0 Å². The molecule has 0 aromatic heterocycles. The van der Waals surface area contributed by atoms with Gasteiger partial charge in [-0.1, -0.05) is 131 Å². The maximum absolute atomic E-state index is 2.41. The van der Waals surface area contributed by atoms with E-state index in [0.29, 0.717) is 0 Å². The van der Waals surface area contributed by atoms with E-state index in [1.165, 1.54) is 89.9 Å². The smallest absolute Gasteiger partial charge is 0.0417 e. The van der Waals surface area contributed by atoms with E-state index >= 15 is 0 Å². The SMILES string of the molecule is CCC(C)CCCC(CC)CCCC(CC)CCCC(CC)CC. The van der Waals surface area contributed by atoms with Gasteiger partial charge in [0.15, 0.2) is 0 Å². The zero-order valence-corrected chi connectivity index (χ0v) is 18.2. The second kappa shape index (κ2) is 16.5. The molecule has 24 heavy (non-hydrogen) atoms. The zero-order chi connectivity index (χ0) is 18.2. The van der Waals surface area contributed by atoms with Gasteiger partial charge in [-0.15, -0.1) is 0 Å². The van der Waals surface area contributed by atoms with Crippen LogP contribution in [0.25, 0.3) is 0 Å². The van der Waals surface area contributed by atoms with E-state index in [1.54, 1.807) is 0 Å². The molecule has 0 aliphatic rings. The minimum absolute atomic E-state index is 0.932. The summed E-state index contributed by atoms with van der Waals surface area (Å²) in [6, 6.07) is 0. The van der Waals surface area contributed by atoms with Crippen molar-refractivity contribution in [2.24, 2.45) is 23.7 Å². The Hall–Kier alpha value is 0. The van der Waals surface area contributed by atoms with E-state index in [9.17, 15) is 0 Å². The summed E-state index contributed by atoms with van der Waals surface area (Å²) in [6.45, 7) is 14.3. The van der Waals surface area contributed by atoms with Crippen molar-refractivity contribution >= 4 is 0 Å². The first-order valence-corrected chi connectivity index (χ1v) is 11.6. The zero-order valence-electron chi connectivity index (χ0n) is 18.2. The van der Waals surface area contributed by atoms with Crippen LogP contribution in [0, 0.1) is 23.7 Å². The third kappa shape index (κ3) is 12.4. The lowest BCUT2D eigenvalue weighted by Crippen LogP contribution is -2.05. The Morgan fingerprint density at radius 1 is 0.417 bits per heavy atom. The lowest BCUT2D eigenvalue weighted by atomic mass is 9.86. The van der Waals surface area contributed by atoms with Crippen LogP contribution in [0.2, 0.25) is 0 Å². The van der Waals surface area contributed by atoms with Gasteiger partial charge in [0, 0.05) is 0 Å². The van der Waals surface area contributed by atoms with Crippen molar-refractivity contribution < 1.29 is 0 Å². The Morgan fingerprint density at radius 2 is 0.750 bits per heavy atom. The number of hydrogen-bond acceptors (Lipinski definition) is 0. The van der Waals surface area contributed by atoms with Crippen molar-refractivity contribution in [1.29, 1.82) is 0 Å². The average Bonchev–Trinajstić information content (AvgIpc) is 2.61. The molecule has 0 aliphatic carbocycles. The molecule has 0 fully saturated rings. The van der Waals surface area contributed by atoms with Gasteiger partial charge < -0.3 is 0 Å². The molecule has 0 spiro atoms. The van der Waals surface area contributed by atoms with E-state index < -0.39 is 0 Å². The van der Waals surface area contributed by atoms with Crippen LogP contribution in [-0.2, 0) is 0 Å². The van der Waals surface area contributed by atoms with Crippen LogP contribution in [0.15, 0.2) is 0 Å². The Labute approximate surface area is 155 Å². The molecule has 146 valence electrons. The Balaban J connectivity index is 3.84. The molecular weight excluding hydrogens is 288 g/mol. The van der Waals surface area contributed by atoms with Crippen molar-refractivity contribution in [3.8, 4) is 0 Å². The van der Waals surface area contributed by atoms with E-state index in [0.717, 1.165) is 23.7 Å². The summed E-state index contributed by atoms with van der Waals surface area (Å²) >= 11 is 0. The summed E-state index contributed by atoms with van der Waals surface area (Å²) in [5.41, 5.74) is 0. The summed E-state index contributed by atoms with van der Waals surface area (Å²) in [6.07, 6.45) is 20.2. The van der Waals surface area contributed by atoms with Gasteiger partial charge in [0.05, 0.1) is 0 Å². The van der Waals surface area contributed by atoms with Crippen molar-refractivity contribution in [2.45, 2.75) is 131 Å². The minimum Gasteiger partial charge on any atom is -0.0651 e. The quantitative estimate of drug-likeness (QED) is 0.248. The minimum atomic E-state index is 0.932. The Bertz CT molecular complexity index is 240. The van der Waals surface area contributed by atoms with Gasteiger partial charge in [0.2, 0.25) is 0 Å². The van der Waals surface area contributed by atoms with Crippen LogP contribution in [0.4, 0.5) is 0 Å². The molecule has 0 aromatic carbocycles. The molecule has 0 aliphatic heterocycles. The highest BCUT2D eigenvalue weighted by Crippen LogP contribution is 2.26. The number of hydrogen-bond donors (Lipinski definition) is 0. The van der Waals surface area contributed by atoms with E-state index in [2.05, 4.69) is 41.5 Å². The molecule has 0 aromatic rings. The van der Waals surface area contributed by atoms with Crippen LogP contribution >= 0.6 is 0 Å². The molecule has 3 unspecified atom stereocenters.